The molecule has 0 aliphatic heterocycles. The molecule has 1 aromatic heterocycles. The first-order valence-electron chi connectivity index (χ1n) is 8.58. The van der Waals surface area contributed by atoms with E-state index in [0.29, 0.717) is 16.4 Å². The molecule has 3 rings (SSSR count). The van der Waals surface area contributed by atoms with Gasteiger partial charge in [0, 0.05) is 18.3 Å². The first-order chi connectivity index (χ1) is 13.5. The van der Waals surface area contributed by atoms with Crippen molar-refractivity contribution in [3.63, 3.8) is 0 Å². The molecule has 28 heavy (non-hydrogen) atoms. The average Bonchev–Trinajstić information content (AvgIpc) is 3.17. The number of hydrogen-bond donors (Lipinski definition) is 2. The van der Waals surface area contributed by atoms with Crippen LogP contribution < -0.4 is 10.6 Å². The van der Waals surface area contributed by atoms with Crippen molar-refractivity contribution in [2.75, 3.05) is 18.1 Å². The number of anilines is 1. The summed E-state index contributed by atoms with van der Waals surface area (Å²) in [4.78, 5) is 23.8. The molecule has 0 saturated heterocycles. The maximum atomic E-state index is 12.2. The van der Waals surface area contributed by atoms with Gasteiger partial charge in [-0.05, 0) is 71.8 Å². The van der Waals surface area contributed by atoms with Gasteiger partial charge in [-0.25, -0.2) is 0 Å². The number of aryl methyl sites for hydroxylation is 2. The van der Waals surface area contributed by atoms with Gasteiger partial charge >= 0.3 is 0 Å². The van der Waals surface area contributed by atoms with Crippen molar-refractivity contribution < 1.29 is 9.59 Å². The average molecular weight is 396 g/mol. The molecule has 2 aromatic carbocycles. The number of nitrogens with one attached hydrogen (secondary N) is 2. The Kier molecular flexibility index (Phi) is 6.05. The van der Waals surface area contributed by atoms with Crippen LogP contribution >= 0.6 is 11.8 Å². The Labute approximate surface area is 166 Å². The van der Waals surface area contributed by atoms with E-state index < -0.39 is 0 Å². The quantitative estimate of drug-likeness (QED) is 0.620. The minimum atomic E-state index is -0.188. The normalized spacial score (nSPS) is 10.5. The second kappa shape index (κ2) is 8.66. The minimum Gasteiger partial charge on any atom is -0.355 e. The summed E-state index contributed by atoms with van der Waals surface area (Å²) in [7, 11) is 1.57. The topological polar surface area (TPSA) is 102 Å². The van der Waals surface area contributed by atoms with E-state index in [1.54, 1.807) is 36.0 Å². The fourth-order valence-corrected chi connectivity index (χ4v) is 3.16. The van der Waals surface area contributed by atoms with Gasteiger partial charge in [0.15, 0.2) is 0 Å². The molecule has 0 radical (unpaired) electrons. The molecule has 144 valence electrons. The van der Waals surface area contributed by atoms with E-state index in [1.807, 2.05) is 32.0 Å². The number of rotatable bonds is 6. The van der Waals surface area contributed by atoms with Crippen LogP contribution in [0.25, 0.3) is 5.69 Å². The molecule has 2 N–H and O–H groups in total. The van der Waals surface area contributed by atoms with Crippen molar-refractivity contribution >= 4 is 29.3 Å². The summed E-state index contributed by atoms with van der Waals surface area (Å²) in [6.07, 6.45) is 0. The smallest absolute Gasteiger partial charge is 0.251 e. The lowest BCUT2D eigenvalue weighted by Crippen LogP contribution is -2.18. The fourth-order valence-electron chi connectivity index (χ4n) is 2.46. The first kappa shape index (κ1) is 19.6. The number of aromatic nitrogens is 4. The molecule has 0 aliphatic rings. The summed E-state index contributed by atoms with van der Waals surface area (Å²) in [6, 6.07) is 12.6. The zero-order valence-electron chi connectivity index (χ0n) is 15.8. The third kappa shape index (κ3) is 4.55. The summed E-state index contributed by atoms with van der Waals surface area (Å²) < 4.78 is 1.61. The fraction of sp³-hybridized carbons (Fsp3) is 0.211. The summed E-state index contributed by atoms with van der Waals surface area (Å²) in [6.45, 7) is 4.07. The second-order valence-electron chi connectivity index (χ2n) is 6.14. The molecule has 0 saturated carbocycles. The molecule has 0 unspecified atom stereocenters. The van der Waals surface area contributed by atoms with Crippen molar-refractivity contribution in [3.05, 3.63) is 59.2 Å². The van der Waals surface area contributed by atoms with Crippen LogP contribution in [0.15, 0.2) is 47.6 Å². The van der Waals surface area contributed by atoms with Gasteiger partial charge in [0.25, 0.3) is 5.91 Å². The Morgan fingerprint density at radius 3 is 2.50 bits per heavy atom. The van der Waals surface area contributed by atoms with Crippen molar-refractivity contribution in [3.8, 4) is 5.69 Å². The Bertz CT molecular complexity index is 1000. The highest BCUT2D eigenvalue weighted by Crippen LogP contribution is 2.20. The van der Waals surface area contributed by atoms with Gasteiger partial charge in [0.1, 0.15) is 0 Å². The van der Waals surface area contributed by atoms with Crippen LogP contribution in [0.5, 0.6) is 0 Å². The van der Waals surface area contributed by atoms with Crippen LogP contribution in [0.1, 0.15) is 21.5 Å². The Morgan fingerprint density at radius 2 is 1.82 bits per heavy atom. The van der Waals surface area contributed by atoms with Crippen LogP contribution in [0.4, 0.5) is 5.69 Å². The van der Waals surface area contributed by atoms with Gasteiger partial charge in [0.05, 0.1) is 11.4 Å². The molecule has 3 aromatic rings. The third-order valence-electron chi connectivity index (χ3n) is 4.17. The van der Waals surface area contributed by atoms with Crippen molar-refractivity contribution in [1.29, 1.82) is 0 Å². The SMILES string of the molecule is CNC(=O)c1ccc(NC(=O)CSc2nnnn2-c2ccc(C)c(C)c2)cc1. The minimum absolute atomic E-state index is 0.155. The monoisotopic (exact) mass is 396 g/mol. The lowest BCUT2D eigenvalue weighted by Gasteiger charge is -2.08. The van der Waals surface area contributed by atoms with E-state index >= 15 is 0 Å². The van der Waals surface area contributed by atoms with Crippen LogP contribution in [0, 0.1) is 13.8 Å². The van der Waals surface area contributed by atoms with Crippen LogP contribution in [0.2, 0.25) is 0 Å². The lowest BCUT2D eigenvalue weighted by atomic mass is 10.1. The molecular weight excluding hydrogens is 376 g/mol. The highest BCUT2D eigenvalue weighted by atomic mass is 32.2. The standard InChI is InChI=1S/C19H20N6O2S/c1-12-4-9-16(10-13(12)2)25-19(22-23-24-25)28-11-17(26)21-15-7-5-14(6-8-15)18(27)20-3/h4-10H,11H2,1-3H3,(H,20,27)(H,21,26). The maximum Gasteiger partial charge on any atom is 0.251 e. The molecule has 0 bridgehead atoms. The Balaban J connectivity index is 1.62. The van der Waals surface area contributed by atoms with Gasteiger partial charge in [0.2, 0.25) is 11.1 Å². The number of benzene rings is 2. The number of thioether (sulfide) groups is 1. The van der Waals surface area contributed by atoms with E-state index in [0.717, 1.165) is 11.3 Å². The molecule has 8 nitrogen and oxygen atoms in total. The molecular formula is C19H20N6O2S. The summed E-state index contributed by atoms with van der Waals surface area (Å²) in [5.41, 5.74) is 4.32. The van der Waals surface area contributed by atoms with E-state index in [-0.39, 0.29) is 17.6 Å². The molecule has 2 amide bonds. The zero-order valence-corrected chi connectivity index (χ0v) is 16.6. The molecule has 0 atom stereocenters. The van der Waals surface area contributed by atoms with Crippen molar-refractivity contribution in [2.24, 2.45) is 0 Å². The van der Waals surface area contributed by atoms with E-state index in [2.05, 4.69) is 26.2 Å². The van der Waals surface area contributed by atoms with Gasteiger partial charge < -0.3 is 10.6 Å². The molecule has 9 heteroatoms. The van der Waals surface area contributed by atoms with E-state index in [4.69, 9.17) is 0 Å². The summed E-state index contributed by atoms with van der Waals surface area (Å²) >= 11 is 1.25. The molecule has 0 spiro atoms. The number of carbonyl (C=O) groups is 2. The van der Waals surface area contributed by atoms with Gasteiger partial charge in [-0.1, -0.05) is 17.8 Å². The van der Waals surface area contributed by atoms with Gasteiger partial charge in [-0.2, -0.15) is 4.68 Å². The Hall–Kier alpha value is -3.20. The number of amides is 2. The van der Waals surface area contributed by atoms with Gasteiger partial charge in [-0.3, -0.25) is 9.59 Å². The van der Waals surface area contributed by atoms with Crippen LogP contribution in [-0.4, -0.2) is 44.8 Å². The number of tetrazole rings is 1. The largest absolute Gasteiger partial charge is 0.355 e. The molecule has 0 aliphatic carbocycles. The lowest BCUT2D eigenvalue weighted by molar-refractivity contribution is -0.113. The third-order valence-corrected chi connectivity index (χ3v) is 5.09. The van der Waals surface area contributed by atoms with E-state index in [9.17, 15) is 9.59 Å². The number of nitrogens with zero attached hydrogens (tertiary/aromatic N) is 4. The van der Waals surface area contributed by atoms with Crippen molar-refractivity contribution in [1.82, 2.24) is 25.5 Å². The summed E-state index contributed by atoms with van der Waals surface area (Å²) in [5.74, 6) is -0.207. The van der Waals surface area contributed by atoms with E-state index in [1.165, 1.54) is 17.3 Å². The zero-order chi connectivity index (χ0) is 20.1. The predicted molar refractivity (Wildman–Crippen MR) is 108 cm³/mol. The number of carbonyl (C=O) groups excluding carboxylic acids is 2. The summed E-state index contributed by atoms with van der Waals surface area (Å²) in [5, 5.41) is 17.6. The van der Waals surface area contributed by atoms with Crippen LogP contribution in [-0.2, 0) is 4.79 Å². The molecule has 1 heterocycles. The second-order valence-corrected chi connectivity index (χ2v) is 7.08. The Morgan fingerprint density at radius 1 is 1.07 bits per heavy atom. The molecule has 0 fully saturated rings. The van der Waals surface area contributed by atoms with Crippen LogP contribution in [0.3, 0.4) is 0 Å². The first-order valence-corrected chi connectivity index (χ1v) is 9.57. The van der Waals surface area contributed by atoms with Gasteiger partial charge in [-0.15, -0.1) is 5.10 Å². The highest BCUT2D eigenvalue weighted by Gasteiger charge is 2.12. The predicted octanol–water partition coefficient (Wildman–Crippen LogP) is 2.37. The van der Waals surface area contributed by atoms with Crippen molar-refractivity contribution in [2.45, 2.75) is 19.0 Å². The maximum absolute atomic E-state index is 12.2. The highest BCUT2D eigenvalue weighted by molar-refractivity contribution is 7.99. The number of hydrogen-bond acceptors (Lipinski definition) is 6.